The Morgan fingerprint density at radius 1 is 1.31 bits per heavy atom. The van der Waals surface area contributed by atoms with Crippen molar-refractivity contribution in [1.82, 2.24) is 15.2 Å². The zero-order valence-electron chi connectivity index (χ0n) is 15.9. The van der Waals surface area contributed by atoms with E-state index in [1.807, 2.05) is 48.7 Å². The van der Waals surface area contributed by atoms with Gasteiger partial charge >= 0.3 is 0 Å². The van der Waals surface area contributed by atoms with Gasteiger partial charge in [-0.1, -0.05) is 29.8 Å². The highest BCUT2D eigenvalue weighted by Crippen LogP contribution is 2.29. The van der Waals surface area contributed by atoms with Gasteiger partial charge in [0.15, 0.2) is 0 Å². The zero-order valence-corrected chi connectivity index (χ0v) is 18.2. The monoisotopic (exact) mass is 445 g/mol. The van der Waals surface area contributed by atoms with Gasteiger partial charge in [0.1, 0.15) is 0 Å². The maximum absolute atomic E-state index is 12.6. The van der Waals surface area contributed by atoms with Crippen LogP contribution < -0.4 is 5.32 Å². The molecule has 2 aromatic heterocycles. The summed E-state index contributed by atoms with van der Waals surface area (Å²) in [6.45, 7) is 3.30. The van der Waals surface area contributed by atoms with Gasteiger partial charge in [-0.05, 0) is 30.7 Å². The number of rotatable bonds is 6. The molecule has 0 saturated carbocycles. The van der Waals surface area contributed by atoms with Crippen molar-refractivity contribution in [2.45, 2.75) is 26.4 Å². The average Bonchev–Trinajstić information content (AvgIpc) is 3.42. The second-order valence-corrected chi connectivity index (χ2v) is 9.64. The van der Waals surface area contributed by atoms with Gasteiger partial charge in [0.25, 0.3) is 0 Å². The fraction of sp³-hybridized carbons (Fsp3) is 0.286. The lowest BCUT2D eigenvalue weighted by Crippen LogP contribution is -2.32. The van der Waals surface area contributed by atoms with E-state index in [-0.39, 0.29) is 24.2 Å². The lowest BCUT2D eigenvalue weighted by Gasteiger charge is -2.17. The van der Waals surface area contributed by atoms with Crippen LogP contribution in [0.4, 0.5) is 0 Å². The highest BCUT2D eigenvalue weighted by molar-refractivity contribution is 7.16. The zero-order chi connectivity index (χ0) is 20.4. The summed E-state index contributed by atoms with van der Waals surface area (Å²) >= 11 is 9.45. The molecule has 1 atom stereocenters. The number of halogens is 1. The van der Waals surface area contributed by atoms with Crippen LogP contribution in [0.2, 0.25) is 5.02 Å². The third kappa shape index (κ3) is 4.69. The van der Waals surface area contributed by atoms with Crippen LogP contribution in [0.5, 0.6) is 0 Å². The molecule has 1 N–H and O–H groups in total. The molecule has 29 heavy (non-hydrogen) atoms. The fourth-order valence-corrected chi connectivity index (χ4v) is 5.13. The molecule has 5 nitrogen and oxygen atoms in total. The smallest absolute Gasteiger partial charge is 0.225 e. The molecule has 0 bridgehead atoms. The number of aryl methyl sites for hydroxylation is 1. The first-order valence-electron chi connectivity index (χ1n) is 9.29. The number of likely N-dealkylation sites (tertiary alicyclic amines) is 1. The summed E-state index contributed by atoms with van der Waals surface area (Å²) in [6.07, 6.45) is 0.240. The molecule has 1 aromatic carbocycles. The van der Waals surface area contributed by atoms with E-state index in [1.165, 1.54) is 0 Å². The number of thiazole rings is 1. The molecule has 1 fully saturated rings. The number of hydrogen-bond donors (Lipinski definition) is 1. The van der Waals surface area contributed by atoms with Crippen LogP contribution in [0.1, 0.15) is 21.9 Å². The van der Waals surface area contributed by atoms with Crippen molar-refractivity contribution in [3.8, 4) is 10.6 Å². The first-order chi connectivity index (χ1) is 14.0. The van der Waals surface area contributed by atoms with E-state index in [9.17, 15) is 9.59 Å². The number of thiophene rings is 1. The molecule has 3 aromatic rings. The van der Waals surface area contributed by atoms with Crippen LogP contribution in [0.3, 0.4) is 0 Å². The van der Waals surface area contributed by atoms with Gasteiger partial charge in [0.2, 0.25) is 11.8 Å². The second kappa shape index (κ2) is 8.65. The molecular formula is C21H20ClN3O2S2. The molecule has 150 valence electrons. The van der Waals surface area contributed by atoms with E-state index in [0.29, 0.717) is 24.7 Å². The van der Waals surface area contributed by atoms with E-state index < -0.39 is 0 Å². The molecule has 1 saturated heterocycles. The van der Waals surface area contributed by atoms with Gasteiger partial charge in [-0.15, -0.1) is 22.7 Å². The number of carbonyl (C=O) groups is 2. The summed E-state index contributed by atoms with van der Waals surface area (Å²) < 4.78 is 0. The Bertz CT molecular complexity index is 1050. The molecule has 1 aliphatic heterocycles. The Labute approximate surface area is 182 Å². The number of benzene rings is 1. The molecule has 0 radical (unpaired) electrons. The van der Waals surface area contributed by atoms with Gasteiger partial charge in [0.05, 0.1) is 28.0 Å². The summed E-state index contributed by atoms with van der Waals surface area (Å²) in [4.78, 5) is 33.3. The summed E-state index contributed by atoms with van der Waals surface area (Å²) in [6, 6.07) is 11.5. The second-order valence-electron chi connectivity index (χ2n) is 7.00. The summed E-state index contributed by atoms with van der Waals surface area (Å²) in [5, 5.41) is 6.69. The third-order valence-electron chi connectivity index (χ3n) is 4.87. The van der Waals surface area contributed by atoms with Gasteiger partial charge < -0.3 is 10.2 Å². The molecule has 3 heterocycles. The summed E-state index contributed by atoms with van der Waals surface area (Å²) in [5.74, 6) is -0.424. The topological polar surface area (TPSA) is 62.3 Å². The Morgan fingerprint density at radius 2 is 2.14 bits per heavy atom. The van der Waals surface area contributed by atoms with E-state index in [4.69, 9.17) is 11.6 Å². The number of nitrogens with zero attached hydrogens (tertiary/aromatic N) is 2. The molecule has 0 aliphatic carbocycles. The normalized spacial score (nSPS) is 16.4. The molecule has 0 unspecified atom stereocenters. The number of carbonyl (C=O) groups excluding carboxylic acids is 2. The number of nitrogens with one attached hydrogen (secondary N) is 1. The van der Waals surface area contributed by atoms with Gasteiger partial charge in [0, 0.05) is 34.8 Å². The quantitative estimate of drug-likeness (QED) is 0.607. The van der Waals surface area contributed by atoms with Crippen molar-refractivity contribution >= 4 is 46.1 Å². The first kappa shape index (κ1) is 20.1. The van der Waals surface area contributed by atoms with Crippen LogP contribution in [-0.2, 0) is 22.7 Å². The van der Waals surface area contributed by atoms with Crippen LogP contribution in [-0.4, -0.2) is 28.2 Å². The van der Waals surface area contributed by atoms with Crippen LogP contribution in [0, 0.1) is 12.8 Å². The molecule has 1 aliphatic rings. The number of hydrogen-bond acceptors (Lipinski definition) is 5. The maximum Gasteiger partial charge on any atom is 0.225 e. The molecule has 0 spiro atoms. The predicted molar refractivity (Wildman–Crippen MR) is 117 cm³/mol. The molecular weight excluding hydrogens is 426 g/mol. The Morgan fingerprint density at radius 3 is 2.90 bits per heavy atom. The Kier molecular flexibility index (Phi) is 5.99. The highest BCUT2D eigenvalue weighted by atomic mass is 35.5. The molecule has 2 amide bonds. The van der Waals surface area contributed by atoms with E-state index in [0.717, 1.165) is 26.0 Å². The maximum atomic E-state index is 12.6. The minimum absolute atomic E-state index is 0.0117. The third-order valence-corrected chi connectivity index (χ3v) is 7.12. The average molecular weight is 446 g/mol. The summed E-state index contributed by atoms with van der Waals surface area (Å²) in [7, 11) is 0. The minimum Gasteiger partial charge on any atom is -0.351 e. The molecule has 8 heteroatoms. The van der Waals surface area contributed by atoms with E-state index >= 15 is 0 Å². The minimum atomic E-state index is -0.328. The standard InChI is InChI=1S/C21H20ClN3O2S2/c1-13-24-18(12-28-13)19-7-6-16(29-19)9-23-21(27)15-8-20(26)25(11-15)10-14-4-2-3-5-17(14)22/h2-7,12,15H,8-11H2,1H3,(H,23,27)/t15-/m1/s1. The van der Waals surface area contributed by atoms with E-state index in [2.05, 4.69) is 10.3 Å². The fourth-order valence-electron chi connectivity index (χ4n) is 3.34. The Hall–Kier alpha value is -2.22. The van der Waals surface area contributed by atoms with Crippen molar-refractivity contribution in [2.75, 3.05) is 6.54 Å². The van der Waals surface area contributed by atoms with Gasteiger partial charge in [-0.25, -0.2) is 4.98 Å². The SMILES string of the molecule is Cc1nc(-c2ccc(CNC(=O)[C@@H]3CC(=O)N(Cc4ccccc4Cl)C3)s2)cs1. The lowest BCUT2D eigenvalue weighted by molar-refractivity contribution is -0.129. The first-order valence-corrected chi connectivity index (χ1v) is 11.4. The van der Waals surface area contributed by atoms with Crippen LogP contribution >= 0.6 is 34.3 Å². The van der Waals surface area contributed by atoms with Crippen molar-refractivity contribution in [2.24, 2.45) is 5.92 Å². The molecule has 4 rings (SSSR count). The van der Waals surface area contributed by atoms with Crippen molar-refractivity contribution in [1.29, 1.82) is 0 Å². The van der Waals surface area contributed by atoms with Crippen molar-refractivity contribution < 1.29 is 9.59 Å². The van der Waals surface area contributed by atoms with Crippen molar-refractivity contribution in [3.63, 3.8) is 0 Å². The lowest BCUT2D eigenvalue weighted by atomic mass is 10.1. The van der Waals surface area contributed by atoms with Gasteiger partial charge in [-0.2, -0.15) is 0 Å². The largest absolute Gasteiger partial charge is 0.351 e. The van der Waals surface area contributed by atoms with Crippen molar-refractivity contribution in [3.05, 3.63) is 62.2 Å². The van der Waals surface area contributed by atoms with E-state index in [1.54, 1.807) is 27.6 Å². The highest BCUT2D eigenvalue weighted by Gasteiger charge is 2.34. The summed E-state index contributed by atoms with van der Waals surface area (Å²) in [5.41, 5.74) is 1.87. The number of aromatic nitrogens is 1. The van der Waals surface area contributed by atoms with Crippen LogP contribution in [0.25, 0.3) is 10.6 Å². The van der Waals surface area contributed by atoms with Crippen LogP contribution in [0.15, 0.2) is 41.8 Å². The predicted octanol–water partition coefficient (Wildman–Crippen LogP) is 4.50. The Balaban J connectivity index is 1.32. The number of amides is 2. The van der Waals surface area contributed by atoms with Gasteiger partial charge in [-0.3, -0.25) is 9.59 Å².